The summed E-state index contributed by atoms with van der Waals surface area (Å²) in [6, 6.07) is 8.21. The van der Waals surface area contributed by atoms with Crippen LogP contribution in [-0.4, -0.2) is 6.04 Å². The highest BCUT2D eigenvalue weighted by Gasteiger charge is 2.11. The number of nitrogens with two attached hydrogens (primary N) is 1. The average molecular weight is 227 g/mol. The van der Waals surface area contributed by atoms with Gasteiger partial charge in [0.15, 0.2) is 0 Å². The summed E-state index contributed by atoms with van der Waals surface area (Å²) in [6.07, 6.45) is 1.94. The normalized spacial score (nSPS) is 13.1. The highest BCUT2D eigenvalue weighted by atomic mass is 35.5. The summed E-state index contributed by atoms with van der Waals surface area (Å²) in [5.41, 5.74) is 4.01. The zero-order chi connectivity index (χ0) is 11.3. The Hall–Kier alpha value is -0.570. The minimum absolute atomic E-state index is 0.296. The van der Waals surface area contributed by atoms with Crippen LogP contribution in [-0.2, 0) is 6.42 Å². The number of benzene rings is 1. The molecule has 0 aliphatic heterocycles. The molecule has 3 heteroatoms. The maximum absolute atomic E-state index is 6.09. The second-order valence-corrected chi connectivity index (χ2v) is 4.70. The Balaban J connectivity index is 2.62. The van der Waals surface area contributed by atoms with Gasteiger partial charge in [0.2, 0.25) is 0 Å². The summed E-state index contributed by atoms with van der Waals surface area (Å²) in [4.78, 5) is 0. The fourth-order valence-corrected chi connectivity index (χ4v) is 1.92. The van der Waals surface area contributed by atoms with Crippen molar-refractivity contribution in [2.75, 3.05) is 0 Å². The van der Waals surface area contributed by atoms with Crippen LogP contribution in [0.4, 0.5) is 0 Å². The molecule has 0 spiro atoms. The number of hydrazine groups is 1. The third-order valence-electron chi connectivity index (χ3n) is 2.42. The van der Waals surface area contributed by atoms with Crippen LogP contribution in [0.25, 0.3) is 0 Å². The standard InChI is InChI=1S/C12H19ClN2/c1-9(2)7-11(15-14)8-10-5-3-4-6-12(10)13/h3-6,9,11,15H,7-8,14H2,1-2H3. The summed E-state index contributed by atoms with van der Waals surface area (Å²) >= 11 is 6.09. The molecule has 1 aromatic carbocycles. The van der Waals surface area contributed by atoms with Gasteiger partial charge in [-0.1, -0.05) is 43.6 Å². The minimum Gasteiger partial charge on any atom is -0.271 e. The van der Waals surface area contributed by atoms with Crippen molar-refractivity contribution >= 4 is 11.6 Å². The van der Waals surface area contributed by atoms with E-state index < -0.39 is 0 Å². The molecule has 0 aliphatic carbocycles. The number of hydrogen-bond donors (Lipinski definition) is 2. The van der Waals surface area contributed by atoms with Gasteiger partial charge in [0, 0.05) is 11.1 Å². The molecule has 0 fully saturated rings. The molecule has 0 aromatic heterocycles. The molecule has 1 unspecified atom stereocenters. The van der Waals surface area contributed by atoms with E-state index in [-0.39, 0.29) is 0 Å². The number of rotatable bonds is 5. The molecule has 15 heavy (non-hydrogen) atoms. The average Bonchev–Trinajstić information content (AvgIpc) is 2.19. The van der Waals surface area contributed by atoms with Crippen molar-refractivity contribution in [3.05, 3.63) is 34.9 Å². The van der Waals surface area contributed by atoms with Gasteiger partial charge in [-0.05, 0) is 30.4 Å². The maximum atomic E-state index is 6.09. The minimum atomic E-state index is 0.296. The molecule has 0 radical (unpaired) electrons. The van der Waals surface area contributed by atoms with E-state index >= 15 is 0 Å². The van der Waals surface area contributed by atoms with Crippen LogP contribution in [0.5, 0.6) is 0 Å². The van der Waals surface area contributed by atoms with E-state index in [0.717, 1.165) is 23.4 Å². The molecule has 0 saturated heterocycles. The summed E-state index contributed by atoms with van der Waals surface area (Å²) in [6.45, 7) is 4.38. The van der Waals surface area contributed by atoms with E-state index in [0.29, 0.717) is 12.0 Å². The van der Waals surface area contributed by atoms with Crippen molar-refractivity contribution in [2.24, 2.45) is 11.8 Å². The van der Waals surface area contributed by atoms with Crippen molar-refractivity contribution in [2.45, 2.75) is 32.7 Å². The quantitative estimate of drug-likeness (QED) is 0.599. The molecular weight excluding hydrogens is 208 g/mol. The van der Waals surface area contributed by atoms with E-state index in [1.54, 1.807) is 0 Å². The maximum Gasteiger partial charge on any atom is 0.0438 e. The molecule has 0 amide bonds. The van der Waals surface area contributed by atoms with Crippen LogP contribution >= 0.6 is 11.6 Å². The fraction of sp³-hybridized carbons (Fsp3) is 0.500. The van der Waals surface area contributed by atoms with Gasteiger partial charge in [-0.25, -0.2) is 0 Å². The zero-order valence-corrected chi connectivity index (χ0v) is 10.1. The monoisotopic (exact) mass is 226 g/mol. The molecule has 0 saturated carbocycles. The molecule has 1 atom stereocenters. The highest BCUT2D eigenvalue weighted by Crippen LogP contribution is 2.18. The zero-order valence-electron chi connectivity index (χ0n) is 9.33. The molecule has 1 aromatic rings. The largest absolute Gasteiger partial charge is 0.271 e. The Bertz CT molecular complexity index is 299. The predicted molar refractivity (Wildman–Crippen MR) is 65.7 cm³/mol. The van der Waals surface area contributed by atoms with Gasteiger partial charge in [0.05, 0.1) is 0 Å². The van der Waals surface area contributed by atoms with Gasteiger partial charge in [0.1, 0.15) is 0 Å². The lowest BCUT2D eigenvalue weighted by molar-refractivity contribution is 0.423. The van der Waals surface area contributed by atoms with Crippen molar-refractivity contribution in [1.29, 1.82) is 0 Å². The van der Waals surface area contributed by atoms with Gasteiger partial charge in [0.25, 0.3) is 0 Å². The topological polar surface area (TPSA) is 38.0 Å². The van der Waals surface area contributed by atoms with Crippen LogP contribution in [0.1, 0.15) is 25.8 Å². The summed E-state index contributed by atoms with van der Waals surface area (Å²) < 4.78 is 0. The first kappa shape index (κ1) is 12.5. The first-order valence-electron chi connectivity index (χ1n) is 5.33. The molecule has 3 N–H and O–H groups in total. The van der Waals surface area contributed by atoms with E-state index in [9.17, 15) is 0 Å². The van der Waals surface area contributed by atoms with Crippen LogP contribution < -0.4 is 11.3 Å². The molecule has 84 valence electrons. The molecular formula is C12H19ClN2. The summed E-state index contributed by atoms with van der Waals surface area (Å²) in [5, 5.41) is 0.821. The molecule has 0 bridgehead atoms. The molecule has 0 heterocycles. The van der Waals surface area contributed by atoms with Gasteiger partial charge in [-0.15, -0.1) is 0 Å². The van der Waals surface area contributed by atoms with Gasteiger partial charge < -0.3 is 0 Å². The highest BCUT2D eigenvalue weighted by molar-refractivity contribution is 6.31. The Labute approximate surface area is 96.8 Å². The first-order chi connectivity index (χ1) is 7.13. The molecule has 2 nitrogen and oxygen atoms in total. The third kappa shape index (κ3) is 4.20. The van der Waals surface area contributed by atoms with Crippen LogP contribution in [0.2, 0.25) is 5.02 Å². The Morgan fingerprint density at radius 2 is 2.00 bits per heavy atom. The summed E-state index contributed by atoms with van der Waals surface area (Å²) in [5.74, 6) is 6.16. The lowest BCUT2D eigenvalue weighted by Crippen LogP contribution is -2.37. The van der Waals surface area contributed by atoms with Crippen molar-refractivity contribution in [3.63, 3.8) is 0 Å². The van der Waals surface area contributed by atoms with Gasteiger partial charge in [-0.3, -0.25) is 11.3 Å². The van der Waals surface area contributed by atoms with Crippen molar-refractivity contribution in [1.82, 2.24) is 5.43 Å². The second kappa shape index (κ2) is 6.11. The Kier molecular flexibility index (Phi) is 5.09. The fourth-order valence-electron chi connectivity index (χ4n) is 1.71. The number of hydrogen-bond acceptors (Lipinski definition) is 2. The summed E-state index contributed by atoms with van der Waals surface area (Å²) in [7, 11) is 0. The van der Waals surface area contributed by atoms with Crippen LogP contribution in [0.15, 0.2) is 24.3 Å². The molecule has 0 aliphatic rings. The van der Waals surface area contributed by atoms with E-state index in [4.69, 9.17) is 17.4 Å². The van der Waals surface area contributed by atoms with Crippen LogP contribution in [0.3, 0.4) is 0 Å². The van der Waals surface area contributed by atoms with E-state index in [2.05, 4.69) is 19.3 Å². The third-order valence-corrected chi connectivity index (χ3v) is 2.78. The van der Waals surface area contributed by atoms with Gasteiger partial charge >= 0.3 is 0 Å². The van der Waals surface area contributed by atoms with Gasteiger partial charge in [-0.2, -0.15) is 0 Å². The van der Waals surface area contributed by atoms with Crippen molar-refractivity contribution in [3.8, 4) is 0 Å². The predicted octanol–water partition coefficient (Wildman–Crippen LogP) is 2.76. The van der Waals surface area contributed by atoms with Crippen LogP contribution in [0, 0.1) is 5.92 Å². The molecule has 1 rings (SSSR count). The SMILES string of the molecule is CC(C)CC(Cc1ccccc1Cl)NN. The van der Waals surface area contributed by atoms with Crippen molar-refractivity contribution < 1.29 is 0 Å². The number of nitrogens with one attached hydrogen (secondary N) is 1. The van der Waals surface area contributed by atoms with E-state index in [1.165, 1.54) is 0 Å². The number of halogens is 1. The lowest BCUT2D eigenvalue weighted by atomic mass is 9.98. The lowest BCUT2D eigenvalue weighted by Gasteiger charge is -2.18. The first-order valence-corrected chi connectivity index (χ1v) is 5.70. The Morgan fingerprint density at radius 3 is 2.53 bits per heavy atom. The smallest absolute Gasteiger partial charge is 0.0438 e. The Morgan fingerprint density at radius 1 is 1.33 bits per heavy atom. The second-order valence-electron chi connectivity index (χ2n) is 4.29. The van der Waals surface area contributed by atoms with E-state index in [1.807, 2.05) is 24.3 Å².